The maximum Gasteiger partial charge on any atom is 0.250 e. The number of amides is 1. The van der Waals surface area contributed by atoms with Crippen molar-refractivity contribution < 1.29 is 9.90 Å². The molecule has 1 unspecified atom stereocenters. The lowest BCUT2D eigenvalue weighted by molar-refractivity contribution is -0.141. The maximum absolute atomic E-state index is 10.8. The van der Waals surface area contributed by atoms with Crippen LogP contribution in [0.5, 0.6) is 0 Å². The molecule has 0 aromatic carbocycles. The van der Waals surface area contributed by atoms with Gasteiger partial charge in [0, 0.05) is 6.54 Å². The minimum Gasteiger partial charge on any atom is -0.379 e. The van der Waals surface area contributed by atoms with Gasteiger partial charge in [-0.3, -0.25) is 4.79 Å². The number of carbonyl (C=O) groups excluding carboxylic acids is 1. The fourth-order valence-electron chi connectivity index (χ4n) is 1.45. The summed E-state index contributed by atoms with van der Waals surface area (Å²) in [7, 11) is 1.87. The Labute approximate surface area is 66.0 Å². The Bertz CT molecular complexity index is 172. The quantitative estimate of drug-likeness (QED) is 0.510. The normalized spacial score (nSPS) is 33.6. The van der Waals surface area contributed by atoms with Crippen LogP contribution in [0.15, 0.2) is 0 Å². The number of likely N-dealkylation sites (N-methyl/N-ethyl adjacent to an activating group) is 1. The molecule has 1 heterocycles. The molecule has 1 atom stereocenters. The summed E-state index contributed by atoms with van der Waals surface area (Å²) in [4.78, 5) is 12.7. The first-order chi connectivity index (χ1) is 5.04. The minimum absolute atomic E-state index is 0.363. The summed E-state index contributed by atoms with van der Waals surface area (Å²) in [6, 6.07) is 0. The van der Waals surface area contributed by atoms with Crippen LogP contribution in [-0.4, -0.2) is 41.7 Å². The number of β-amino-alcohol motifs (C(OH)–C–C–N with tert-alkyl or cyclic N) is 1. The number of piperidine rings is 1. The number of carbonyl (C=O) groups is 1. The summed E-state index contributed by atoms with van der Waals surface area (Å²) in [6.07, 6.45) is 1.32. The highest BCUT2D eigenvalue weighted by atomic mass is 16.3. The van der Waals surface area contributed by atoms with Gasteiger partial charge in [-0.2, -0.15) is 0 Å². The molecule has 1 rings (SSSR count). The summed E-state index contributed by atoms with van der Waals surface area (Å²) in [6.45, 7) is 1.29. The highest BCUT2D eigenvalue weighted by Gasteiger charge is 2.37. The fourth-order valence-corrected chi connectivity index (χ4v) is 1.45. The Balaban J connectivity index is 2.63. The Morgan fingerprint density at radius 1 is 1.73 bits per heavy atom. The van der Waals surface area contributed by atoms with E-state index in [0.29, 0.717) is 13.0 Å². The molecule has 4 heteroatoms. The first-order valence-electron chi connectivity index (χ1n) is 3.75. The Kier molecular flexibility index (Phi) is 2.15. The van der Waals surface area contributed by atoms with E-state index in [-0.39, 0.29) is 0 Å². The number of hydrogen-bond acceptors (Lipinski definition) is 3. The van der Waals surface area contributed by atoms with Gasteiger partial charge in [0.1, 0.15) is 0 Å². The van der Waals surface area contributed by atoms with E-state index in [2.05, 4.69) is 0 Å². The van der Waals surface area contributed by atoms with E-state index in [4.69, 9.17) is 5.73 Å². The van der Waals surface area contributed by atoms with Crippen molar-refractivity contribution in [2.75, 3.05) is 20.1 Å². The van der Waals surface area contributed by atoms with Crippen molar-refractivity contribution in [3.8, 4) is 0 Å². The van der Waals surface area contributed by atoms with Gasteiger partial charge < -0.3 is 15.7 Å². The number of aliphatic hydroxyl groups is 1. The molecule has 64 valence electrons. The number of rotatable bonds is 1. The molecule has 1 fully saturated rings. The van der Waals surface area contributed by atoms with Crippen LogP contribution in [0.4, 0.5) is 0 Å². The van der Waals surface area contributed by atoms with E-state index in [1.165, 1.54) is 0 Å². The van der Waals surface area contributed by atoms with E-state index in [1.54, 1.807) is 0 Å². The van der Waals surface area contributed by atoms with Crippen molar-refractivity contribution in [3.05, 3.63) is 0 Å². The molecule has 3 N–H and O–H groups in total. The lowest BCUT2D eigenvalue weighted by atomic mass is 9.93. The van der Waals surface area contributed by atoms with Gasteiger partial charge in [-0.05, 0) is 26.4 Å². The predicted octanol–water partition coefficient (Wildman–Crippen LogP) is -1.07. The van der Waals surface area contributed by atoms with E-state index < -0.39 is 11.5 Å². The SMILES string of the molecule is CN1CCCC(O)(C(N)=O)C1. The van der Waals surface area contributed by atoms with Crippen LogP contribution in [-0.2, 0) is 4.79 Å². The second kappa shape index (κ2) is 2.79. The summed E-state index contributed by atoms with van der Waals surface area (Å²) < 4.78 is 0. The zero-order valence-electron chi connectivity index (χ0n) is 6.71. The molecule has 11 heavy (non-hydrogen) atoms. The Morgan fingerprint density at radius 3 is 2.73 bits per heavy atom. The number of nitrogens with zero attached hydrogens (tertiary/aromatic N) is 1. The molecule has 1 saturated heterocycles. The highest BCUT2D eigenvalue weighted by molar-refractivity contribution is 5.83. The molecule has 0 aliphatic carbocycles. The monoisotopic (exact) mass is 158 g/mol. The second-order valence-corrected chi connectivity index (χ2v) is 3.24. The third-order valence-corrected chi connectivity index (χ3v) is 2.12. The van der Waals surface area contributed by atoms with Crippen molar-refractivity contribution >= 4 is 5.91 Å². The van der Waals surface area contributed by atoms with Gasteiger partial charge in [-0.1, -0.05) is 0 Å². The molecular weight excluding hydrogens is 144 g/mol. The molecule has 1 aliphatic rings. The molecular formula is C7H14N2O2. The first-order valence-corrected chi connectivity index (χ1v) is 3.75. The second-order valence-electron chi connectivity index (χ2n) is 3.24. The van der Waals surface area contributed by atoms with Crippen molar-refractivity contribution in [2.24, 2.45) is 5.73 Å². The molecule has 1 amide bonds. The number of primary amides is 1. The highest BCUT2D eigenvalue weighted by Crippen LogP contribution is 2.18. The zero-order valence-corrected chi connectivity index (χ0v) is 6.71. The first kappa shape index (κ1) is 8.49. The van der Waals surface area contributed by atoms with Crippen LogP contribution in [0.3, 0.4) is 0 Å². The summed E-state index contributed by atoms with van der Waals surface area (Å²) in [5, 5.41) is 9.60. The molecule has 0 bridgehead atoms. The van der Waals surface area contributed by atoms with Gasteiger partial charge >= 0.3 is 0 Å². The topological polar surface area (TPSA) is 66.6 Å². The predicted molar refractivity (Wildman–Crippen MR) is 40.9 cm³/mol. The maximum atomic E-state index is 10.8. The van der Waals surface area contributed by atoms with Crippen LogP contribution in [0.1, 0.15) is 12.8 Å². The number of hydrogen-bond donors (Lipinski definition) is 2. The average molecular weight is 158 g/mol. The van der Waals surface area contributed by atoms with Gasteiger partial charge in [0.05, 0.1) is 0 Å². The van der Waals surface area contributed by atoms with Gasteiger partial charge in [0.15, 0.2) is 5.60 Å². The molecule has 1 aliphatic heterocycles. The average Bonchev–Trinajstić information content (AvgIpc) is 1.86. The van der Waals surface area contributed by atoms with Crippen molar-refractivity contribution in [1.29, 1.82) is 0 Å². The van der Waals surface area contributed by atoms with Crippen LogP contribution >= 0.6 is 0 Å². The minimum atomic E-state index is -1.28. The summed E-state index contributed by atoms with van der Waals surface area (Å²) in [5.74, 6) is -0.607. The van der Waals surface area contributed by atoms with Crippen LogP contribution in [0, 0.1) is 0 Å². The Hall–Kier alpha value is -0.610. The molecule has 0 radical (unpaired) electrons. The standard InChI is InChI=1S/C7H14N2O2/c1-9-4-2-3-7(11,5-9)6(8)10/h11H,2-5H2,1H3,(H2,8,10). The summed E-state index contributed by atoms with van der Waals surface area (Å²) >= 11 is 0. The van der Waals surface area contributed by atoms with E-state index in [9.17, 15) is 9.90 Å². The molecule has 0 aromatic heterocycles. The lowest BCUT2D eigenvalue weighted by Crippen LogP contribution is -2.54. The van der Waals surface area contributed by atoms with Crippen LogP contribution in [0.25, 0.3) is 0 Å². The van der Waals surface area contributed by atoms with Gasteiger partial charge in [0.2, 0.25) is 0 Å². The zero-order chi connectivity index (χ0) is 8.48. The van der Waals surface area contributed by atoms with Gasteiger partial charge in [-0.15, -0.1) is 0 Å². The van der Waals surface area contributed by atoms with Gasteiger partial charge in [-0.25, -0.2) is 0 Å². The van der Waals surface area contributed by atoms with Gasteiger partial charge in [0.25, 0.3) is 5.91 Å². The van der Waals surface area contributed by atoms with Crippen molar-refractivity contribution in [1.82, 2.24) is 4.90 Å². The lowest BCUT2D eigenvalue weighted by Gasteiger charge is -2.34. The van der Waals surface area contributed by atoms with E-state index >= 15 is 0 Å². The van der Waals surface area contributed by atoms with E-state index in [0.717, 1.165) is 13.0 Å². The van der Waals surface area contributed by atoms with E-state index in [1.807, 2.05) is 11.9 Å². The molecule has 0 aromatic rings. The number of nitrogens with two attached hydrogens (primary N) is 1. The molecule has 0 saturated carbocycles. The largest absolute Gasteiger partial charge is 0.379 e. The fraction of sp³-hybridized carbons (Fsp3) is 0.857. The smallest absolute Gasteiger partial charge is 0.250 e. The molecule has 0 spiro atoms. The van der Waals surface area contributed by atoms with Crippen LogP contribution < -0.4 is 5.73 Å². The summed E-state index contributed by atoms with van der Waals surface area (Å²) in [5.41, 5.74) is 3.76. The third-order valence-electron chi connectivity index (χ3n) is 2.12. The van der Waals surface area contributed by atoms with Crippen molar-refractivity contribution in [2.45, 2.75) is 18.4 Å². The molecule has 4 nitrogen and oxygen atoms in total. The Morgan fingerprint density at radius 2 is 2.36 bits per heavy atom. The van der Waals surface area contributed by atoms with Crippen LogP contribution in [0.2, 0.25) is 0 Å². The van der Waals surface area contributed by atoms with Crippen molar-refractivity contribution in [3.63, 3.8) is 0 Å². The third kappa shape index (κ3) is 1.70. The number of likely N-dealkylation sites (tertiary alicyclic amines) is 1.